The Bertz CT molecular complexity index is 145. The highest BCUT2D eigenvalue weighted by molar-refractivity contribution is 5.65. The fraction of sp³-hybridized carbons (Fsp3) is 0.833. The van der Waals surface area contributed by atoms with E-state index in [-0.39, 0.29) is 6.10 Å². The Morgan fingerprint density at radius 1 is 1.67 bits per heavy atom. The summed E-state index contributed by atoms with van der Waals surface area (Å²) in [6.07, 6.45) is 2.82. The molecule has 0 aromatic carbocycles. The van der Waals surface area contributed by atoms with E-state index >= 15 is 0 Å². The highest BCUT2D eigenvalue weighted by Crippen LogP contribution is 2.41. The normalized spacial score (nSPS) is 47.8. The van der Waals surface area contributed by atoms with Crippen LogP contribution in [0.25, 0.3) is 0 Å². The molecule has 2 rings (SSSR count). The predicted octanol–water partition coefficient (Wildman–Crippen LogP) is 0.0908. The molecule has 0 aromatic rings. The second-order valence-corrected chi connectivity index (χ2v) is 2.44. The summed E-state index contributed by atoms with van der Waals surface area (Å²) in [5.74, 6) is -0.793. The van der Waals surface area contributed by atoms with Crippen LogP contribution in [0.2, 0.25) is 0 Å². The van der Waals surface area contributed by atoms with E-state index in [4.69, 9.17) is 9.47 Å². The standard InChI is InChI=1S/C6H8O3/c7-4-6-5(9-6)2-1-3-8-6/h4-5H,1-3H2/t5?,6-/m1/s1. The van der Waals surface area contributed by atoms with Gasteiger partial charge in [0.05, 0.1) is 6.61 Å². The molecule has 0 aliphatic carbocycles. The summed E-state index contributed by atoms with van der Waals surface area (Å²) in [6.45, 7) is 0.662. The van der Waals surface area contributed by atoms with Gasteiger partial charge in [-0.25, -0.2) is 0 Å². The van der Waals surface area contributed by atoms with E-state index in [1.54, 1.807) is 0 Å². The van der Waals surface area contributed by atoms with Crippen molar-refractivity contribution in [3.63, 3.8) is 0 Å². The van der Waals surface area contributed by atoms with Gasteiger partial charge < -0.3 is 9.47 Å². The molecule has 3 heteroatoms. The summed E-state index contributed by atoms with van der Waals surface area (Å²) in [6, 6.07) is 0. The van der Waals surface area contributed by atoms with Crippen LogP contribution >= 0.6 is 0 Å². The van der Waals surface area contributed by atoms with Crippen molar-refractivity contribution in [2.24, 2.45) is 0 Å². The molecule has 0 spiro atoms. The van der Waals surface area contributed by atoms with Crippen molar-refractivity contribution in [2.75, 3.05) is 6.61 Å². The average molecular weight is 128 g/mol. The Morgan fingerprint density at radius 3 is 3.11 bits per heavy atom. The fourth-order valence-electron chi connectivity index (χ4n) is 1.21. The zero-order valence-corrected chi connectivity index (χ0v) is 5.00. The number of hydrogen-bond acceptors (Lipinski definition) is 3. The van der Waals surface area contributed by atoms with E-state index in [1.165, 1.54) is 0 Å². The molecule has 50 valence electrons. The van der Waals surface area contributed by atoms with E-state index in [1.807, 2.05) is 0 Å². The van der Waals surface area contributed by atoms with Gasteiger partial charge in [-0.2, -0.15) is 0 Å². The van der Waals surface area contributed by atoms with Crippen LogP contribution in [0.5, 0.6) is 0 Å². The highest BCUT2D eigenvalue weighted by atomic mass is 16.8. The number of carbonyl (C=O) groups excluding carboxylic acids is 1. The summed E-state index contributed by atoms with van der Waals surface area (Å²) in [4.78, 5) is 10.3. The lowest BCUT2D eigenvalue weighted by Crippen LogP contribution is -2.26. The molecule has 1 unspecified atom stereocenters. The van der Waals surface area contributed by atoms with Gasteiger partial charge in [-0.3, -0.25) is 4.79 Å². The number of carbonyl (C=O) groups is 1. The summed E-state index contributed by atoms with van der Waals surface area (Å²) in [5, 5.41) is 0. The second kappa shape index (κ2) is 1.55. The quantitative estimate of drug-likeness (QED) is 0.371. The van der Waals surface area contributed by atoms with Crippen LogP contribution in [0.3, 0.4) is 0 Å². The van der Waals surface area contributed by atoms with Gasteiger partial charge in [-0.1, -0.05) is 0 Å². The molecular formula is C6H8O3. The predicted molar refractivity (Wildman–Crippen MR) is 28.9 cm³/mol. The van der Waals surface area contributed by atoms with Crippen LogP contribution in [-0.4, -0.2) is 24.8 Å². The maximum absolute atomic E-state index is 10.3. The minimum atomic E-state index is -0.793. The molecule has 2 atom stereocenters. The minimum Gasteiger partial charge on any atom is -0.342 e. The van der Waals surface area contributed by atoms with Crippen molar-refractivity contribution < 1.29 is 14.3 Å². The lowest BCUT2D eigenvalue weighted by molar-refractivity contribution is -0.131. The number of epoxide rings is 1. The molecule has 9 heavy (non-hydrogen) atoms. The van der Waals surface area contributed by atoms with Crippen LogP contribution < -0.4 is 0 Å². The van der Waals surface area contributed by atoms with Crippen LogP contribution in [0, 0.1) is 0 Å². The zero-order chi connectivity index (χ0) is 6.32. The Kier molecular flexibility index (Phi) is 0.926. The summed E-state index contributed by atoms with van der Waals surface area (Å²) in [5.41, 5.74) is 0. The number of hydrogen-bond donors (Lipinski definition) is 0. The fourth-order valence-corrected chi connectivity index (χ4v) is 1.21. The molecule has 2 aliphatic heterocycles. The highest BCUT2D eigenvalue weighted by Gasteiger charge is 2.59. The molecule has 0 amide bonds. The van der Waals surface area contributed by atoms with Crippen LogP contribution in [0.1, 0.15) is 12.8 Å². The van der Waals surface area contributed by atoms with E-state index in [0.29, 0.717) is 6.61 Å². The summed E-state index contributed by atoms with van der Waals surface area (Å²) >= 11 is 0. The molecule has 2 saturated heterocycles. The van der Waals surface area contributed by atoms with E-state index < -0.39 is 5.79 Å². The molecule has 2 aliphatic rings. The van der Waals surface area contributed by atoms with Crippen molar-refractivity contribution in [1.29, 1.82) is 0 Å². The number of rotatable bonds is 1. The van der Waals surface area contributed by atoms with Crippen LogP contribution in [0.15, 0.2) is 0 Å². The minimum absolute atomic E-state index is 0.0729. The van der Waals surface area contributed by atoms with Crippen molar-refractivity contribution in [1.82, 2.24) is 0 Å². The van der Waals surface area contributed by atoms with Gasteiger partial charge in [0.15, 0.2) is 6.29 Å². The third-order valence-corrected chi connectivity index (χ3v) is 1.82. The Balaban J connectivity index is 2.09. The zero-order valence-electron chi connectivity index (χ0n) is 5.00. The molecule has 0 N–H and O–H groups in total. The molecule has 0 aromatic heterocycles. The van der Waals surface area contributed by atoms with E-state index in [9.17, 15) is 4.79 Å². The largest absolute Gasteiger partial charge is 0.342 e. The number of fused-ring (bicyclic) bond motifs is 1. The summed E-state index contributed by atoms with van der Waals surface area (Å²) in [7, 11) is 0. The Morgan fingerprint density at radius 2 is 2.56 bits per heavy atom. The van der Waals surface area contributed by atoms with Gasteiger partial charge in [0.2, 0.25) is 0 Å². The van der Waals surface area contributed by atoms with Crippen LogP contribution in [0.4, 0.5) is 0 Å². The first-order chi connectivity index (χ1) is 4.37. The Labute approximate surface area is 52.9 Å². The molecule has 3 nitrogen and oxygen atoms in total. The number of ether oxygens (including phenoxy) is 2. The van der Waals surface area contributed by atoms with Gasteiger partial charge in [-0.05, 0) is 12.8 Å². The van der Waals surface area contributed by atoms with Gasteiger partial charge in [-0.15, -0.1) is 0 Å². The lowest BCUT2D eigenvalue weighted by Gasteiger charge is -2.10. The lowest BCUT2D eigenvalue weighted by atomic mass is 10.1. The van der Waals surface area contributed by atoms with Crippen LogP contribution in [-0.2, 0) is 14.3 Å². The average Bonchev–Trinajstić information content (AvgIpc) is 2.62. The molecule has 2 fully saturated rings. The van der Waals surface area contributed by atoms with Crippen molar-refractivity contribution >= 4 is 6.29 Å². The van der Waals surface area contributed by atoms with Gasteiger partial charge in [0.25, 0.3) is 5.79 Å². The molecule has 0 bridgehead atoms. The molecule has 0 saturated carbocycles. The Hall–Kier alpha value is -0.410. The first kappa shape index (κ1) is 5.38. The van der Waals surface area contributed by atoms with E-state index in [2.05, 4.69) is 0 Å². The van der Waals surface area contributed by atoms with Gasteiger partial charge in [0, 0.05) is 0 Å². The topological polar surface area (TPSA) is 38.8 Å². The first-order valence-corrected chi connectivity index (χ1v) is 3.15. The van der Waals surface area contributed by atoms with Crippen molar-refractivity contribution in [2.45, 2.75) is 24.7 Å². The maximum atomic E-state index is 10.3. The molecule has 2 heterocycles. The maximum Gasteiger partial charge on any atom is 0.253 e. The van der Waals surface area contributed by atoms with Gasteiger partial charge in [0.1, 0.15) is 6.10 Å². The van der Waals surface area contributed by atoms with E-state index in [0.717, 1.165) is 19.1 Å². The third-order valence-electron chi connectivity index (χ3n) is 1.82. The third kappa shape index (κ3) is 0.618. The SMILES string of the molecule is O=C[C@]12OCCCC1O2. The second-order valence-electron chi connectivity index (χ2n) is 2.44. The van der Waals surface area contributed by atoms with Gasteiger partial charge >= 0.3 is 0 Å². The molecular weight excluding hydrogens is 120 g/mol. The monoisotopic (exact) mass is 128 g/mol. The molecule has 0 radical (unpaired) electrons. The van der Waals surface area contributed by atoms with Crippen molar-refractivity contribution in [3.05, 3.63) is 0 Å². The smallest absolute Gasteiger partial charge is 0.253 e. The summed E-state index contributed by atoms with van der Waals surface area (Å²) < 4.78 is 10.1. The number of aldehydes is 1. The first-order valence-electron chi connectivity index (χ1n) is 3.15. The van der Waals surface area contributed by atoms with Crippen molar-refractivity contribution in [3.8, 4) is 0 Å².